The maximum absolute atomic E-state index is 10.7. The Kier molecular flexibility index (Phi) is 1.71. The van der Waals surface area contributed by atoms with Gasteiger partial charge in [0.25, 0.3) is 0 Å². The quantitative estimate of drug-likeness (QED) is 0.497. The van der Waals surface area contributed by atoms with E-state index in [0.717, 1.165) is 6.54 Å². The number of rotatable bonds is 1. The average Bonchev–Trinajstić information content (AvgIpc) is 1.84. The first kappa shape index (κ1) is 6.55. The maximum Gasteiger partial charge on any atom is 0.323 e. The maximum atomic E-state index is 10.7. The molecule has 1 N–H and O–H groups in total. The van der Waals surface area contributed by atoms with E-state index in [1.807, 2.05) is 6.92 Å². The second-order valence-corrected chi connectivity index (χ2v) is 2.39. The van der Waals surface area contributed by atoms with Gasteiger partial charge in [-0.3, -0.25) is 4.79 Å². The van der Waals surface area contributed by atoms with E-state index in [4.69, 9.17) is 0 Å². The van der Waals surface area contributed by atoms with Gasteiger partial charge in [-0.05, 0) is 5.92 Å². The molecule has 0 aliphatic carbocycles. The van der Waals surface area contributed by atoms with Gasteiger partial charge in [-0.25, -0.2) is 0 Å². The van der Waals surface area contributed by atoms with Gasteiger partial charge in [-0.1, -0.05) is 6.92 Å². The fourth-order valence-corrected chi connectivity index (χ4v) is 0.914. The van der Waals surface area contributed by atoms with Crippen LogP contribution >= 0.6 is 0 Å². The van der Waals surface area contributed by atoms with Gasteiger partial charge in [0.15, 0.2) is 0 Å². The lowest BCUT2D eigenvalue weighted by Gasteiger charge is -2.32. The molecule has 1 heterocycles. The van der Waals surface area contributed by atoms with Crippen molar-refractivity contribution in [3.8, 4) is 0 Å². The highest BCUT2D eigenvalue weighted by molar-refractivity contribution is 5.77. The molecule has 0 radical (unpaired) electrons. The van der Waals surface area contributed by atoms with E-state index in [2.05, 4.69) is 10.1 Å². The molecule has 0 bridgehead atoms. The molecule has 2 unspecified atom stereocenters. The van der Waals surface area contributed by atoms with Crippen molar-refractivity contribution in [1.29, 1.82) is 0 Å². The Balaban J connectivity index is 2.35. The van der Waals surface area contributed by atoms with Crippen LogP contribution in [0.1, 0.15) is 6.92 Å². The monoisotopic (exact) mass is 129 g/mol. The third-order valence-electron chi connectivity index (χ3n) is 1.68. The number of carbonyl (C=O) groups is 1. The first-order valence-electron chi connectivity index (χ1n) is 3.07. The lowest BCUT2D eigenvalue weighted by atomic mass is 9.94. The molecule has 0 aromatic carbocycles. The molecular weight excluding hydrogens is 118 g/mol. The Morgan fingerprint density at radius 1 is 1.78 bits per heavy atom. The SMILES string of the molecule is COC(=O)C1NCC1C. The van der Waals surface area contributed by atoms with Crippen molar-refractivity contribution in [1.82, 2.24) is 5.32 Å². The van der Waals surface area contributed by atoms with E-state index < -0.39 is 0 Å². The molecule has 1 fully saturated rings. The molecule has 0 aromatic heterocycles. The van der Waals surface area contributed by atoms with Gasteiger partial charge in [-0.2, -0.15) is 0 Å². The minimum Gasteiger partial charge on any atom is -0.468 e. The zero-order valence-electron chi connectivity index (χ0n) is 5.68. The van der Waals surface area contributed by atoms with Gasteiger partial charge >= 0.3 is 5.97 Å². The van der Waals surface area contributed by atoms with Crippen LogP contribution in [0.3, 0.4) is 0 Å². The number of hydrogen-bond acceptors (Lipinski definition) is 3. The standard InChI is InChI=1S/C6H11NO2/c1-4-3-7-5(4)6(8)9-2/h4-5,7H,3H2,1-2H3. The van der Waals surface area contributed by atoms with E-state index in [1.54, 1.807) is 0 Å². The molecule has 1 aliphatic rings. The van der Waals surface area contributed by atoms with Gasteiger partial charge in [0.1, 0.15) is 6.04 Å². The highest BCUT2D eigenvalue weighted by atomic mass is 16.5. The summed E-state index contributed by atoms with van der Waals surface area (Å²) < 4.78 is 4.52. The fraction of sp³-hybridized carbons (Fsp3) is 0.833. The summed E-state index contributed by atoms with van der Waals surface area (Å²) in [6, 6.07) is -0.0463. The summed E-state index contributed by atoms with van der Waals surface area (Å²) in [7, 11) is 1.41. The van der Waals surface area contributed by atoms with Crippen molar-refractivity contribution in [2.45, 2.75) is 13.0 Å². The minimum absolute atomic E-state index is 0.0463. The van der Waals surface area contributed by atoms with Crippen molar-refractivity contribution in [2.24, 2.45) is 5.92 Å². The van der Waals surface area contributed by atoms with Crippen LogP contribution < -0.4 is 5.32 Å². The summed E-state index contributed by atoms with van der Waals surface area (Å²) >= 11 is 0. The molecule has 0 amide bonds. The average molecular weight is 129 g/mol. The molecule has 3 nitrogen and oxygen atoms in total. The van der Waals surface area contributed by atoms with Crippen LogP contribution in [0, 0.1) is 5.92 Å². The Morgan fingerprint density at radius 3 is 2.56 bits per heavy atom. The molecule has 1 saturated heterocycles. The van der Waals surface area contributed by atoms with Crippen molar-refractivity contribution in [3.05, 3.63) is 0 Å². The number of esters is 1. The van der Waals surface area contributed by atoms with Gasteiger partial charge in [-0.15, -0.1) is 0 Å². The molecule has 0 saturated carbocycles. The number of methoxy groups -OCH3 is 1. The Bertz CT molecular complexity index is 124. The third kappa shape index (κ3) is 1.05. The molecule has 2 atom stereocenters. The summed E-state index contributed by atoms with van der Waals surface area (Å²) in [5, 5.41) is 2.97. The second kappa shape index (κ2) is 2.35. The summed E-state index contributed by atoms with van der Waals surface area (Å²) in [6.07, 6.45) is 0. The molecule has 52 valence electrons. The van der Waals surface area contributed by atoms with Gasteiger partial charge in [0.2, 0.25) is 0 Å². The molecule has 3 heteroatoms. The topological polar surface area (TPSA) is 38.3 Å². The van der Waals surface area contributed by atoms with Crippen LogP contribution in [0.2, 0.25) is 0 Å². The zero-order valence-corrected chi connectivity index (χ0v) is 5.68. The van der Waals surface area contributed by atoms with E-state index in [9.17, 15) is 4.79 Å². The van der Waals surface area contributed by atoms with Crippen LogP contribution in [0.15, 0.2) is 0 Å². The molecule has 1 aliphatic heterocycles. The van der Waals surface area contributed by atoms with Crippen molar-refractivity contribution in [3.63, 3.8) is 0 Å². The van der Waals surface area contributed by atoms with Crippen LogP contribution in [0.25, 0.3) is 0 Å². The third-order valence-corrected chi connectivity index (χ3v) is 1.68. The number of ether oxygens (including phenoxy) is 1. The highest BCUT2D eigenvalue weighted by Gasteiger charge is 2.32. The van der Waals surface area contributed by atoms with Crippen LogP contribution in [0.5, 0.6) is 0 Å². The lowest BCUT2D eigenvalue weighted by molar-refractivity contribution is -0.146. The van der Waals surface area contributed by atoms with Gasteiger partial charge in [0, 0.05) is 6.54 Å². The van der Waals surface area contributed by atoms with Crippen LogP contribution in [-0.4, -0.2) is 25.7 Å². The molecule has 0 aromatic rings. The van der Waals surface area contributed by atoms with Crippen LogP contribution in [0.4, 0.5) is 0 Å². The highest BCUT2D eigenvalue weighted by Crippen LogP contribution is 2.12. The van der Waals surface area contributed by atoms with E-state index in [0.29, 0.717) is 5.92 Å². The van der Waals surface area contributed by atoms with E-state index in [1.165, 1.54) is 7.11 Å². The predicted octanol–water partition coefficient (Wildman–Crippen LogP) is -0.233. The minimum atomic E-state index is -0.145. The Hall–Kier alpha value is -0.570. The Morgan fingerprint density at radius 2 is 2.44 bits per heavy atom. The molecule has 9 heavy (non-hydrogen) atoms. The number of hydrogen-bond donors (Lipinski definition) is 1. The van der Waals surface area contributed by atoms with Crippen LogP contribution in [-0.2, 0) is 9.53 Å². The smallest absolute Gasteiger partial charge is 0.323 e. The second-order valence-electron chi connectivity index (χ2n) is 2.39. The predicted molar refractivity (Wildman–Crippen MR) is 33.0 cm³/mol. The van der Waals surface area contributed by atoms with Crippen molar-refractivity contribution in [2.75, 3.05) is 13.7 Å². The van der Waals surface area contributed by atoms with E-state index >= 15 is 0 Å². The van der Waals surface area contributed by atoms with Gasteiger partial charge < -0.3 is 10.1 Å². The molecule has 0 spiro atoms. The summed E-state index contributed by atoms with van der Waals surface area (Å²) in [5.74, 6) is 0.297. The van der Waals surface area contributed by atoms with Gasteiger partial charge in [0.05, 0.1) is 7.11 Å². The first-order valence-corrected chi connectivity index (χ1v) is 3.07. The Labute approximate surface area is 54.4 Å². The normalized spacial score (nSPS) is 33.1. The first-order chi connectivity index (χ1) is 4.25. The summed E-state index contributed by atoms with van der Waals surface area (Å²) in [4.78, 5) is 10.7. The molecule has 1 rings (SSSR count). The number of nitrogens with one attached hydrogen (secondary N) is 1. The summed E-state index contributed by atoms with van der Waals surface area (Å²) in [5.41, 5.74) is 0. The number of carbonyl (C=O) groups excluding carboxylic acids is 1. The largest absolute Gasteiger partial charge is 0.468 e. The molecular formula is C6H11NO2. The van der Waals surface area contributed by atoms with E-state index in [-0.39, 0.29) is 12.0 Å². The zero-order chi connectivity index (χ0) is 6.85. The lowest BCUT2D eigenvalue weighted by Crippen LogP contribution is -2.56. The van der Waals surface area contributed by atoms with Crippen molar-refractivity contribution >= 4 is 5.97 Å². The summed E-state index contributed by atoms with van der Waals surface area (Å²) in [6.45, 7) is 2.96. The van der Waals surface area contributed by atoms with Crippen molar-refractivity contribution < 1.29 is 9.53 Å². The fourth-order valence-electron chi connectivity index (χ4n) is 0.914.